The van der Waals surface area contributed by atoms with E-state index >= 15 is 0 Å². The van der Waals surface area contributed by atoms with E-state index in [9.17, 15) is 8.78 Å². The Hall–Kier alpha value is -0.0100. The van der Waals surface area contributed by atoms with Gasteiger partial charge in [0.05, 0.1) is 5.75 Å². The fourth-order valence-electron chi connectivity index (χ4n) is 0.412. The average Bonchev–Trinajstić information content (AvgIpc) is 2.31. The highest BCUT2D eigenvalue weighted by Gasteiger charge is 2.05. The van der Waals surface area contributed by atoms with Crippen LogP contribution >= 0.6 is 35.3 Å². The normalized spacial score (nSPS) is 10.8. The van der Waals surface area contributed by atoms with Gasteiger partial charge >= 0.3 is 0 Å². The van der Waals surface area contributed by atoms with E-state index in [4.69, 9.17) is 12.2 Å². The summed E-state index contributed by atoms with van der Waals surface area (Å²) in [6.07, 6.45) is -2.29. The Labute approximate surface area is 75.0 Å². The topological polar surface area (TPSA) is 28.7 Å². The molecule has 1 rings (SSSR count). The number of hydrogen-bond acceptors (Lipinski definition) is 4. The summed E-state index contributed by atoms with van der Waals surface area (Å²) >= 11 is 6.93. The molecule has 0 fully saturated rings. The van der Waals surface area contributed by atoms with Gasteiger partial charge in [-0.3, -0.25) is 5.10 Å². The van der Waals surface area contributed by atoms with Crippen LogP contribution in [-0.4, -0.2) is 22.4 Å². The molecule has 11 heavy (non-hydrogen) atoms. The molecule has 1 aromatic rings. The molecule has 0 aromatic carbocycles. The van der Waals surface area contributed by atoms with Crippen molar-refractivity contribution in [1.82, 2.24) is 10.2 Å². The van der Waals surface area contributed by atoms with Gasteiger partial charge < -0.3 is 0 Å². The van der Waals surface area contributed by atoms with Gasteiger partial charge in [0.1, 0.15) is 0 Å². The Morgan fingerprint density at radius 3 is 2.91 bits per heavy atom. The van der Waals surface area contributed by atoms with Crippen molar-refractivity contribution in [3.8, 4) is 0 Å². The Morgan fingerprint density at radius 2 is 2.45 bits per heavy atom. The third kappa shape index (κ3) is 3.26. The zero-order chi connectivity index (χ0) is 8.27. The van der Waals surface area contributed by atoms with E-state index in [1.165, 1.54) is 11.3 Å². The summed E-state index contributed by atoms with van der Waals surface area (Å²) in [5.74, 6) is -0.226. The Kier molecular flexibility index (Phi) is 3.41. The summed E-state index contributed by atoms with van der Waals surface area (Å²) in [4.78, 5) is 0. The number of alkyl halides is 2. The first-order valence-corrected chi connectivity index (χ1v) is 4.86. The quantitative estimate of drug-likeness (QED) is 0.619. The van der Waals surface area contributed by atoms with Gasteiger partial charge in [0.25, 0.3) is 0 Å². The largest absolute Gasteiger partial charge is 0.257 e. The summed E-state index contributed by atoms with van der Waals surface area (Å²) in [5.41, 5.74) is 0. The Bertz CT molecular complexity index is 268. The minimum Gasteiger partial charge on any atom is -0.257 e. The zero-order valence-electron chi connectivity index (χ0n) is 5.21. The Morgan fingerprint density at radius 1 is 1.73 bits per heavy atom. The number of thioether (sulfide) groups is 1. The van der Waals surface area contributed by atoms with Crippen molar-refractivity contribution in [3.63, 3.8) is 0 Å². The predicted octanol–water partition coefficient (Wildman–Crippen LogP) is 2.56. The number of rotatable bonds is 3. The molecule has 1 heterocycles. The van der Waals surface area contributed by atoms with Crippen LogP contribution in [0, 0.1) is 3.95 Å². The lowest BCUT2D eigenvalue weighted by Gasteiger charge is -1.92. The molecule has 7 heteroatoms. The molecule has 1 aromatic heterocycles. The number of halogens is 2. The lowest BCUT2D eigenvalue weighted by atomic mass is 10.9. The third-order valence-electron chi connectivity index (χ3n) is 0.751. The molecule has 0 aliphatic heterocycles. The first kappa shape index (κ1) is 9.08. The molecule has 0 amide bonds. The monoisotopic (exact) mass is 214 g/mol. The highest BCUT2D eigenvalue weighted by atomic mass is 32.2. The van der Waals surface area contributed by atoms with E-state index in [-0.39, 0.29) is 5.75 Å². The predicted molar refractivity (Wildman–Crippen MR) is 44.0 cm³/mol. The zero-order valence-corrected chi connectivity index (χ0v) is 7.66. The number of aromatic amines is 1. The smallest absolute Gasteiger partial charge is 0.248 e. The maximum absolute atomic E-state index is 11.6. The van der Waals surface area contributed by atoms with Crippen LogP contribution in [0.1, 0.15) is 0 Å². The van der Waals surface area contributed by atoms with Gasteiger partial charge in [0, 0.05) is 0 Å². The maximum Gasteiger partial charge on any atom is 0.248 e. The van der Waals surface area contributed by atoms with Gasteiger partial charge in [-0.05, 0) is 12.2 Å². The van der Waals surface area contributed by atoms with Gasteiger partial charge in [0.2, 0.25) is 6.43 Å². The highest BCUT2D eigenvalue weighted by Crippen LogP contribution is 2.21. The third-order valence-corrected chi connectivity index (χ3v) is 3.00. The van der Waals surface area contributed by atoms with Gasteiger partial charge in [-0.2, -0.15) is 5.10 Å². The van der Waals surface area contributed by atoms with Crippen LogP contribution in [0.15, 0.2) is 4.34 Å². The lowest BCUT2D eigenvalue weighted by molar-refractivity contribution is 0.177. The van der Waals surface area contributed by atoms with Crippen LogP contribution in [0.4, 0.5) is 8.78 Å². The fraction of sp³-hybridized carbons (Fsp3) is 0.500. The van der Waals surface area contributed by atoms with Crippen LogP contribution < -0.4 is 0 Å². The number of H-pyrrole nitrogens is 1. The molecule has 0 atom stereocenters. The second-order valence-electron chi connectivity index (χ2n) is 1.58. The summed E-state index contributed by atoms with van der Waals surface area (Å²) in [6.45, 7) is 0. The van der Waals surface area contributed by atoms with Crippen LogP contribution in [0.5, 0.6) is 0 Å². The molecule has 0 saturated heterocycles. The minimum absolute atomic E-state index is 0.226. The van der Waals surface area contributed by atoms with E-state index < -0.39 is 6.43 Å². The van der Waals surface area contributed by atoms with Crippen molar-refractivity contribution in [3.05, 3.63) is 3.95 Å². The lowest BCUT2D eigenvalue weighted by Crippen LogP contribution is -1.92. The molecular weight excluding hydrogens is 210 g/mol. The molecule has 0 aliphatic rings. The van der Waals surface area contributed by atoms with E-state index in [0.717, 1.165) is 11.8 Å². The number of nitrogens with one attached hydrogen (secondary N) is 1. The first-order valence-electron chi connectivity index (χ1n) is 2.65. The molecule has 0 aliphatic carbocycles. The molecular formula is C4H4F2N2S3. The Balaban J connectivity index is 2.45. The second kappa shape index (κ2) is 4.13. The van der Waals surface area contributed by atoms with Crippen molar-refractivity contribution in [2.75, 3.05) is 5.75 Å². The number of nitrogens with zero attached hydrogens (tertiary/aromatic N) is 1. The van der Waals surface area contributed by atoms with Gasteiger partial charge in [-0.15, -0.1) is 0 Å². The van der Waals surface area contributed by atoms with Crippen LogP contribution in [0.25, 0.3) is 0 Å². The SMILES string of the molecule is FC(F)CSc1n[nH]c(=S)s1. The van der Waals surface area contributed by atoms with Crippen LogP contribution in [0.2, 0.25) is 0 Å². The van der Waals surface area contributed by atoms with E-state index in [2.05, 4.69) is 10.2 Å². The van der Waals surface area contributed by atoms with Gasteiger partial charge in [-0.25, -0.2) is 8.78 Å². The van der Waals surface area contributed by atoms with Crippen molar-refractivity contribution in [1.29, 1.82) is 0 Å². The summed E-state index contributed by atoms with van der Waals surface area (Å²) in [7, 11) is 0. The van der Waals surface area contributed by atoms with Crippen LogP contribution in [-0.2, 0) is 0 Å². The molecule has 0 spiro atoms. The molecule has 0 radical (unpaired) electrons. The fourth-order valence-corrected chi connectivity index (χ4v) is 2.26. The molecule has 1 N–H and O–H groups in total. The van der Waals surface area contributed by atoms with Crippen molar-refractivity contribution in [2.24, 2.45) is 0 Å². The summed E-state index contributed by atoms with van der Waals surface area (Å²) < 4.78 is 24.4. The van der Waals surface area contributed by atoms with Gasteiger partial charge in [-0.1, -0.05) is 23.1 Å². The summed E-state index contributed by atoms with van der Waals surface area (Å²) in [5, 5.41) is 6.22. The molecule has 0 bridgehead atoms. The molecule has 0 unspecified atom stereocenters. The van der Waals surface area contributed by atoms with E-state index in [0.29, 0.717) is 8.29 Å². The number of aromatic nitrogens is 2. The standard InChI is InChI=1S/C4H4F2N2S3/c5-2(6)1-10-4-8-7-3(9)11-4/h2H,1H2,(H,7,9). The van der Waals surface area contributed by atoms with Crippen molar-refractivity contribution < 1.29 is 8.78 Å². The molecule has 0 saturated carbocycles. The molecule has 62 valence electrons. The van der Waals surface area contributed by atoms with Gasteiger partial charge in [0.15, 0.2) is 8.29 Å². The maximum atomic E-state index is 11.6. The molecule has 2 nitrogen and oxygen atoms in total. The van der Waals surface area contributed by atoms with Crippen molar-refractivity contribution >= 4 is 35.3 Å². The summed E-state index contributed by atoms with van der Waals surface area (Å²) in [6, 6.07) is 0. The van der Waals surface area contributed by atoms with Crippen LogP contribution in [0.3, 0.4) is 0 Å². The van der Waals surface area contributed by atoms with E-state index in [1.54, 1.807) is 0 Å². The van der Waals surface area contributed by atoms with Crippen molar-refractivity contribution in [2.45, 2.75) is 10.8 Å². The van der Waals surface area contributed by atoms with E-state index in [1.807, 2.05) is 0 Å². The average molecular weight is 214 g/mol. The first-order chi connectivity index (χ1) is 5.18. The highest BCUT2D eigenvalue weighted by molar-refractivity contribution is 8.01. The second-order valence-corrected chi connectivity index (χ2v) is 4.51. The number of hydrogen-bond donors (Lipinski definition) is 1. The minimum atomic E-state index is -2.29.